The lowest BCUT2D eigenvalue weighted by molar-refractivity contribution is -0.116. The number of nitrogens with zero attached hydrogens (tertiary/aromatic N) is 1. The van der Waals surface area contributed by atoms with Gasteiger partial charge in [-0.1, -0.05) is 0 Å². The Hall–Kier alpha value is -2.06. The number of carbonyl (C=O) groups excluding carboxylic acids is 1. The second kappa shape index (κ2) is 7.39. The number of anilines is 1. The molecule has 3 N–H and O–H groups in total. The number of nitrogens with one attached hydrogen (secondary N) is 1. The SMILES string of the molecule is COc1cc(C#N)ccc1NC(=O)CCCC(C)N. The van der Waals surface area contributed by atoms with Crippen LogP contribution in [0, 0.1) is 11.3 Å². The van der Waals surface area contributed by atoms with Gasteiger partial charge in [0.2, 0.25) is 5.91 Å². The van der Waals surface area contributed by atoms with E-state index in [0.29, 0.717) is 23.4 Å². The van der Waals surface area contributed by atoms with Crippen LogP contribution in [-0.2, 0) is 4.79 Å². The Morgan fingerprint density at radius 1 is 1.58 bits per heavy atom. The number of ether oxygens (including phenoxy) is 1. The molecule has 0 aromatic heterocycles. The van der Waals surface area contributed by atoms with E-state index in [1.165, 1.54) is 7.11 Å². The minimum Gasteiger partial charge on any atom is -0.495 e. The zero-order chi connectivity index (χ0) is 14.3. The Labute approximate surface area is 113 Å². The van der Waals surface area contributed by atoms with Gasteiger partial charge in [0, 0.05) is 18.5 Å². The first-order valence-corrected chi connectivity index (χ1v) is 6.20. The molecule has 5 nitrogen and oxygen atoms in total. The summed E-state index contributed by atoms with van der Waals surface area (Å²) in [6.07, 6.45) is 1.99. The topological polar surface area (TPSA) is 88.1 Å². The predicted octanol–water partition coefficient (Wildman–Crippen LogP) is 2.02. The Balaban J connectivity index is 2.61. The van der Waals surface area contributed by atoms with E-state index in [1.807, 2.05) is 13.0 Å². The molecule has 0 saturated carbocycles. The van der Waals surface area contributed by atoms with Gasteiger partial charge in [0.25, 0.3) is 0 Å². The second-order valence-electron chi connectivity index (χ2n) is 4.44. The van der Waals surface area contributed by atoms with Crippen molar-refractivity contribution in [3.63, 3.8) is 0 Å². The molecule has 0 heterocycles. The molecule has 0 aliphatic carbocycles. The standard InChI is InChI=1S/C14H19N3O2/c1-10(16)4-3-5-14(18)17-12-7-6-11(9-15)8-13(12)19-2/h6-8,10H,3-5,16H2,1-2H3,(H,17,18). The molecule has 1 rings (SSSR count). The van der Waals surface area contributed by atoms with Crippen molar-refractivity contribution in [3.05, 3.63) is 23.8 Å². The summed E-state index contributed by atoms with van der Waals surface area (Å²) in [5.74, 6) is 0.406. The summed E-state index contributed by atoms with van der Waals surface area (Å²) in [5.41, 5.74) is 6.70. The van der Waals surface area contributed by atoms with Crippen molar-refractivity contribution in [1.29, 1.82) is 5.26 Å². The molecule has 0 radical (unpaired) electrons. The van der Waals surface area contributed by atoms with Crippen LogP contribution in [0.2, 0.25) is 0 Å². The Morgan fingerprint density at radius 2 is 2.32 bits per heavy atom. The number of carbonyl (C=O) groups is 1. The molecule has 1 amide bonds. The van der Waals surface area contributed by atoms with Crippen LogP contribution in [0.4, 0.5) is 5.69 Å². The number of nitrogens with two attached hydrogens (primary N) is 1. The first kappa shape index (κ1) is 15.0. The normalized spacial score (nSPS) is 11.5. The Morgan fingerprint density at radius 3 is 2.89 bits per heavy atom. The van der Waals surface area contributed by atoms with Crippen LogP contribution < -0.4 is 15.8 Å². The van der Waals surface area contributed by atoms with Crippen molar-refractivity contribution in [1.82, 2.24) is 0 Å². The van der Waals surface area contributed by atoms with Crippen molar-refractivity contribution < 1.29 is 9.53 Å². The van der Waals surface area contributed by atoms with E-state index in [9.17, 15) is 4.79 Å². The first-order valence-electron chi connectivity index (χ1n) is 6.20. The molecular formula is C14H19N3O2. The number of hydrogen-bond acceptors (Lipinski definition) is 4. The van der Waals surface area contributed by atoms with Gasteiger partial charge in [-0.3, -0.25) is 4.79 Å². The van der Waals surface area contributed by atoms with E-state index >= 15 is 0 Å². The molecule has 0 fully saturated rings. The first-order chi connectivity index (χ1) is 9.06. The number of methoxy groups -OCH3 is 1. The fourth-order valence-corrected chi connectivity index (χ4v) is 1.66. The largest absolute Gasteiger partial charge is 0.495 e. The number of rotatable bonds is 6. The summed E-state index contributed by atoms with van der Waals surface area (Å²) in [6.45, 7) is 1.92. The summed E-state index contributed by atoms with van der Waals surface area (Å²) in [6, 6.07) is 7.03. The number of nitriles is 1. The molecule has 0 aliphatic rings. The zero-order valence-electron chi connectivity index (χ0n) is 11.3. The van der Waals surface area contributed by atoms with Crippen LogP contribution in [-0.4, -0.2) is 19.1 Å². The van der Waals surface area contributed by atoms with Crippen LogP contribution >= 0.6 is 0 Å². The monoisotopic (exact) mass is 261 g/mol. The number of amides is 1. The van der Waals surface area contributed by atoms with Crippen LogP contribution in [0.25, 0.3) is 0 Å². The maximum Gasteiger partial charge on any atom is 0.224 e. The van der Waals surface area contributed by atoms with Crippen LogP contribution in [0.5, 0.6) is 5.75 Å². The van der Waals surface area contributed by atoms with Crippen molar-refractivity contribution in [2.24, 2.45) is 5.73 Å². The lowest BCUT2D eigenvalue weighted by Gasteiger charge is -2.10. The molecule has 1 aromatic carbocycles. The van der Waals surface area contributed by atoms with Gasteiger partial charge in [-0.25, -0.2) is 0 Å². The highest BCUT2D eigenvalue weighted by molar-refractivity contribution is 5.92. The van der Waals surface area contributed by atoms with E-state index in [0.717, 1.165) is 12.8 Å². The van der Waals surface area contributed by atoms with Gasteiger partial charge in [-0.15, -0.1) is 0 Å². The maximum absolute atomic E-state index is 11.7. The molecule has 19 heavy (non-hydrogen) atoms. The quantitative estimate of drug-likeness (QED) is 0.820. The molecule has 1 aromatic rings. The van der Waals surface area contributed by atoms with Crippen LogP contribution in [0.3, 0.4) is 0 Å². The molecule has 1 atom stereocenters. The highest BCUT2D eigenvalue weighted by atomic mass is 16.5. The third-order valence-electron chi connectivity index (χ3n) is 2.67. The van der Waals surface area contributed by atoms with Crippen molar-refractivity contribution >= 4 is 11.6 Å². The average Bonchev–Trinajstić information content (AvgIpc) is 2.38. The lowest BCUT2D eigenvalue weighted by atomic mass is 10.1. The fraction of sp³-hybridized carbons (Fsp3) is 0.429. The predicted molar refractivity (Wildman–Crippen MR) is 73.8 cm³/mol. The van der Waals surface area contributed by atoms with Gasteiger partial charge in [-0.05, 0) is 31.9 Å². The molecule has 0 spiro atoms. The smallest absolute Gasteiger partial charge is 0.224 e. The van der Waals surface area contributed by atoms with Crippen LogP contribution in [0.15, 0.2) is 18.2 Å². The Bertz CT molecular complexity index is 478. The van der Waals surface area contributed by atoms with E-state index in [2.05, 4.69) is 5.32 Å². The summed E-state index contributed by atoms with van der Waals surface area (Å²) in [4.78, 5) is 11.7. The molecule has 5 heteroatoms. The lowest BCUT2D eigenvalue weighted by Crippen LogP contribution is -2.17. The van der Waals surface area contributed by atoms with Gasteiger partial charge in [0.15, 0.2) is 0 Å². The molecule has 0 bridgehead atoms. The summed E-state index contributed by atoms with van der Waals surface area (Å²) < 4.78 is 5.15. The Kier molecular flexibility index (Phi) is 5.83. The van der Waals surface area contributed by atoms with Crippen molar-refractivity contribution in [2.75, 3.05) is 12.4 Å². The highest BCUT2D eigenvalue weighted by Crippen LogP contribution is 2.25. The summed E-state index contributed by atoms with van der Waals surface area (Å²) in [5, 5.41) is 11.6. The molecule has 102 valence electrons. The van der Waals surface area contributed by atoms with Gasteiger partial charge in [0.1, 0.15) is 5.75 Å². The summed E-state index contributed by atoms with van der Waals surface area (Å²) >= 11 is 0. The summed E-state index contributed by atoms with van der Waals surface area (Å²) in [7, 11) is 1.50. The van der Waals surface area contributed by atoms with Gasteiger partial charge >= 0.3 is 0 Å². The molecule has 0 aliphatic heterocycles. The van der Waals surface area contributed by atoms with Crippen molar-refractivity contribution in [2.45, 2.75) is 32.2 Å². The minimum absolute atomic E-state index is 0.0799. The zero-order valence-corrected chi connectivity index (χ0v) is 11.3. The van der Waals surface area contributed by atoms with Gasteiger partial charge < -0.3 is 15.8 Å². The molecule has 0 saturated heterocycles. The molecule has 1 unspecified atom stereocenters. The average molecular weight is 261 g/mol. The van der Waals surface area contributed by atoms with Gasteiger partial charge in [0.05, 0.1) is 24.4 Å². The van der Waals surface area contributed by atoms with Gasteiger partial charge in [-0.2, -0.15) is 5.26 Å². The maximum atomic E-state index is 11.7. The second-order valence-corrected chi connectivity index (χ2v) is 4.44. The van der Waals surface area contributed by atoms with E-state index < -0.39 is 0 Å². The number of benzene rings is 1. The van der Waals surface area contributed by atoms with Crippen molar-refractivity contribution in [3.8, 4) is 11.8 Å². The van der Waals surface area contributed by atoms with E-state index in [4.69, 9.17) is 15.7 Å². The minimum atomic E-state index is -0.0799. The fourth-order valence-electron chi connectivity index (χ4n) is 1.66. The van der Waals surface area contributed by atoms with Crippen LogP contribution in [0.1, 0.15) is 31.7 Å². The van der Waals surface area contributed by atoms with E-state index in [-0.39, 0.29) is 11.9 Å². The molecular weight excluding hydrogens is 242 g/mol. The third kappa shape index (κ3) is 4.98. The van der Waals surface area contributed by atoms with E-state index in [1.54, 1.807) is 18.2 Å². The highest BCUT2D eigenvalue weighted by Gasteiger charge is 2.08. The third-order valence-corrected chi connectivity index (χ3v) is 2.67. The number of hydrogen-bond donors (Lipinski definition) is 2.